The van der Waals surface area contributed by atoms with E-state index in [2.05, 4.69) is 19.7 Å². The Morgan fingerprint density at radius 3 is 2.56 bits per heavy atom. The molecule has 7 heteroatoms. The number of rotatable bonds is 6. The Labute approximate surface area is 185 Å². The minimum atomic E-state index is -1.19. The summed E-state index contributed by atoms with van der Waals surface area (Å²) in [5.74, 6) is 0.911. The molecule has 1 aliphatic carbocycles. The Hall–Kier alpha value is -0.548. The van der Waals surface area contributed by atoms with Crippen LogP contribution in [0.15, 0.2) is 41.9 Å². The van der Waals surface area contributed by atoms with Crippen molar-refractivity contribution in [1.29, 1.82) is 0 Å². The monoisotopic (exact) mass is 604 g/mol. The van der Waals surface area contributed by atoms with Gasteiger partial charge < -0.3 is 36.5 Å². The van der Waals surface area contributed by atoms with Gasteiger partial charge in [0.05, 0.1) is 12.7 Å². The molecule has 3 atom stereocenters. The van der Waals surface area contributed by atoms with E-state index in [1.54, 1.807) is 0 Å². The van der Waals surface area contributed by atoms with E-state index in [0.717, 1.165) is 31.3 Å². The molecule has 1 fully saturated rings. The fourth-order valence-electron chi connectivity index (χ4n) is 3.00. The average molecular weight is 604 g/mol. The molecule has 2 aliphatic rings. The van der Waals surface area contributed by atoms with Crippen LogP contribution >= 0.6 is 0 Å². The van der Waals surface area contributed by atoms with Crippen molar-refractivity contribution < 1.29 is 61.0 Å². The third-order valence-electron chi connectivity index (χ3n) is 4.58. The van der Waals surface area contributed by atoms with E-state index < -0.39 is 18.3 Å². The molecule has 0 bridgehead atoms. The zero-order chi connectivity index (χ0) is 19.7. The van der Waals surface area contributed by atoms with E-state index in [0.29, 0.717) is 5.92 Å². The normalized spacial score (nSPS) is 26.5. The zero-order valence-corrected chi connectivity index (χ0v) is 20.0. The maximum Gasteiger partial charge on any atom is 2.00 e. The Balaban J connectivity index is 0.00000218. The first-order valence-corrected chi connectivity index (χ1v) is 8.69. The molecule has 0 radical (unpaired) electrons. The molecule has 2 unspecified atom stereocenters. The Bertz CT molecular complexity index is 531. The molecule has 1 heterocycles. The number of aliphatic hydroxyl groups is 4. The van der Waals surface area contributed by atoms with Crippen molar-refractivity contribution >= 4 is 0 Å². The average Bonchev–Trinajstić information content (AvgIpc) is 2.65. The largest absolute Gasteiger partial charge is 2.00 e. The van der Waals surface area contributed by atoms with Crippen LogP contribution in [0.1, 0.15) is 32.6 Å². The van der Waals surface area contributed by atoms with Gasteiger partial charge in [-0.3, -0.25) is 6.58 Å². The summed E-state index contributed by atoms with van der Waals surface area (Å²) in [6.07, 6.45) is 2.42. The predicted molar refractivity (Wildman–Crippen MR) is 99.0 cm³/mol. The number of ether oxygens (including phenoxy) is 2. The summed E-state index contributed by atoms with van der Waals surface area (Å²) in [5, 5.41) is 39.1. The SMILES string of the molecule is C=C(/C=C(/O)C1=C(C)CCCC1)OC[C-]1COC(CO)[C@@H](O)C1O.[CH-]=C.[U+2]. The minimum Gasteiger partial charge on any atom is -0.525 e. The van der Waals surface area contributed by atoms with Gasteiger partial charge in [0.15, 0.2) is 0 Å². The van der Waals surface area contributed by atoms with Crippen LogP contribution in [0.5, 0.6) is 0 Å². The fraction of sp³-hybridized carbons (Fsp3) is 0.550. The van der Waals surface area contributed by atoms with Gasteiger partial charge in [-0.25, -0.2) is 5.92 Å². The molecular weight excluding hydrogens is 574 g/mol. The van der Waals surface area contributed by atoms with E-state index in [1.165, 1.54) is 11.6 Å². The van der Waals surface area contributed by atoms with Gasteiger partial charge in [0.2, 0.25) is 0 Å². The molecule has 0 saturated carbocycles. The van der Waals surface area contributed by atoms with Gasteiger partial charge in [0.1, 0.15) is 17.6 Å². The van der Waals surface area contributed by atoms with Crippen LogP contribution in [0.25, 0.3) is 0 Å². The topological polar surface area (TPSA) is 99.4 Å². The van der Waals surface area contributed by atoms with Gasteiger partial charge in [0.25, 0.3) is 0 Å². The van der Waals surface area contributed by atoms with E-state index in [1.807, 2.05) is 6.92 Å². The minimum absolute atomic E-state index is 0. The Morgan fingerprint density at radius 2 is 1.96 bits per heavy atom. The van der Waals surface area contributed by atoms with Crippen LogP contribution in [0.4, 0.5) is 0 Å². The molecule has 6 nitrogen and oxygen atoms in total. The molecule has 0 aromatic carbocycles. The first kappa shape index (κ1) is 26.5. The molecule has 150 valence electrons. The second-order valence-electron chi connectivity index (χ2n) is 6.38. The molecule has 0 spiro atoms. The number of hydrogen-bond acceptors (Lipinski definition) is 6. The Kier molecular flexibility index (Phi) is 13.3. The molecule has 0 amide bonds. The Morgan fingerprint density at radius 1 is 1.33 bits per heavy atom. The summed E-state index contributed by atoms with van der Waals surface area (Å²) in [5.41, 5.74) is 2.13. The van der Waals surface area contributed by atoms with Crippen molar-refractivity contribution in [2.45, 2.75) is 50.9 Å². The van der Waals surface area contributed by atoms with Gasteiger partial charge in [-0.15, -0.1) is 0 Å². The third kappa shape index (κ3) is 7.77. The fourth-order valence-corrected chi connectivity index (χ4v) is 3.00. The van der Waals surface area contributed by atoms with Crippen LogP contribution in [0.3, 0.4) is 0 Å². The van der Waals surface area contributed by atoms with Gasteiger partial charge >= 0.3 is 31.1 Å². The first-order valence-electron chi connectivity index (χ1n) is 8.69. The number of hydrogen-bond donors (Lipinski definition) is 4. The van der Waals surface area contributed by atoms with Crippen LogP contribution in [-0.2, 0) is 9.47 Å². The van der Waals surface area contributed by atoms with Gasteiger partial charge in [-0.05, 0) is 50.9 Å². The standard InChI is InChI=1S/C18H27O6.C2H3.U/c1-11-5-3-4-6-14(11)15(20)7-12(2)23-9-13-10-24-16(8-19)18(22)17(13)21;1-2;/h7,16-22H,2-6,8-10H2,1H3;1H,2H2;/q2*-1;+2/b15-7+;;/t16?,17?,18-;;/m1../s1. The number of allylic oxidation sites excluding steroid dienone is 3. The van der Waals surface area contributed by atoms with Gasteiger partial charge in [-0.1, -0.05) is 18.8 Å². The van der Waals surface area contributed by atoms with Crippen LogP contribution in [-0.4, -0.2) is 58.6 Å². The van der Waals surface area contributed by atoms with E-state index in [9.17, 15) is 15.3 Å². The molecule has 1 saturated heterocycles. The van der Waals surface area contributed by atoms with Crippen molar-refractivity contribution in [2.24, 2.45) is 0 Å². The molecule has 27 heavy (non-hydrogen) atoms. The van der Waals surface area contributed by atoms with E-state index in [4.69, 9.17) is 14.6 Å². The first-order chi connectivity index (χ1) is 12.4. The van der Waals surface area contributed by atoms with Gasteiger partial charge in [0, 0.05) is 6.08 Å². The summed E-state index contributed by atoms with van der Waals surface area (Å²) in [6, 6.07) is 0. The summed E-state index contributed by atoms with van der Waals surface area (Å²) in [6.45, 7) is 12.5. The second kappa shape index (κ2) is 13.6. The third-order valence-corrected chi connectivity index (χ3v) is 4.58. The summed E-state index contributed by atoms with van der Waals surface area (Å²) in [7, 11) is 0. The maximum absolute atomic E-state index is 10.2. The van der Waals surface area contributed by atoms with Crippen molar-refractivity contribution in [2.75, 3.05) is 19.8 Å². The summed E-state index contributed by atoms with van der Waals surface area (Å²) >= 11 is 0. The van der Waals surface area contributed by atoms with Crippen molar-refractivity contribution in [3.8, 4) is 0 Å². The van der Waals surface area contributed by atoms with Gasteiger partial charge in [-0.2, -0.15) is 0 Å². The second-order valence-corrected chi connectivity index (χ2v) is 6.38. The van der Waals surface area contributed by atoms with Crippen LogP contribution in [0, 0.1) is 43.6 Å². The molecule has 1 aliphatic heterocycles. The van der Waals surface area contributed by atoms with Crippen molar-refractivity contribution in [3.63, 3.8) is 0 Å². The molecule has 0 aromatic rings. The molecule has 4 N–H and O–H groups in total. The molecule has 0 aromatic heterocycles. The summed E-state index contributed by atoms with van der Waals surface area (Å²) < 4.78 is 10.7. The van der Waals surface area contributed by atoms with Crippen molar-refractivity contribution in [3.05, 3.63) is 54.4 Å². The number of aliphatic hydroxyl groups excluding tert-OH is 4. The van der Waals surface area contributed by atoms with E-state index in [-0.39, 0.29) is 62.5 Å². The quantitative estimate of drug-likeness (QED) is 0.211. The smallest absolute Gasteiger partial charge is 0.525 e. The predicted octanol–water partition coefficient (Wildman–Crippen LogP) is 2.14. The molecule has 2 rings (SSSR count). The zero-order valence-electron chi connectivity index (χ0n) is 15.9. The van der Waals surface area contributed by atoms with E-state index >= 15 is 0 Å². The molecular formula is C20H30O6U. The summed E-state index contributed by atoms with van der Waals surface area (Å²) in [4.78, 5) is 0. The maximum atomic E-state index is 10.2. The van der Waals surface area contributed by atoms with Crippen molar-refractivity contribution in [1.82, 2.24) is 0 Å². The van der Waals surface area contributed by atoms with Crippen LogP contribution in [0.2, 0.25) is 0 Å². The van der Waals surface area contributed by atoms with Crippen LogP contribution < -0.4 is 0 Å².